The van der Waals surface area contributed by atoms with Crippen LogP contribution in [0.5, 0.6) is 5.75 Å². The van der Waals surface area contributed by atoms with Crippen molar-refractivity contribution < 1.29 is 19.1 Å². The monoisotopic (exact) mass is 480 g/mol. The minimum Gasteiger partial charge on any atom is -0.465 e. The van der Waals surface area contributed by atoms with Gasteiger partial charge in [-0.25, -0.2) is 9.59 Å². The smallest absolute Gasteiger partial charge is 0.344 e. The van der Waals surface area contributed by atoms with Crippen molar-refractivity contribution in [1.29, 1.82) is 0 Å². The Kier molecular flexibility index (Phi) is 4.79. The molecule has 0 bridgehead atoms. The van der Waals surface area contributed by atoms with Gasteiger partial charge in [0.2, 0.25) is 0 Å². The molecule has 0 saturated heterocycles. The number of esters is 2. The number of hydrogen-bond acceptors (Lipinski definition) is 6. The van der Waals surface area contributed by atoms with Crippen LogP contribution in [0, 0.1) is 6.92 Å². The van der Waals surface area contributed by atoms with Gasteiger partial charge in [-0.15, -0.1) is 0 Å². The molecule has 0 N–H and O–H groups in total. The molecule has 6 rings (SSSR count). The minimum absolute atomic E-state index is 0.392. The largest absolute Gasteiger partial charge is 0.465 e. The molecular weight excluding hydrogens is 464 g/mol. The number of aromatic nitrogens is 2. The van der Waals surface area contributed by atoms with Crippen LogP contribution in [0.1, 0.15) is 26.3 Å². The maximum absolute atomic E-state index is 13.2. The summed E-state index contributed by atoms with van der Waals surface area (Å²) in [5.74, 6) is -0.519. The number of aryl methyl sites for hydroxylation is 1. The molecule has 2 aromatic heterocycles. The SMILES string of the molecule is COC(=O)c1cnc2c3ccc(C(=O)Oc4ccc(Cl)cc4)c4c(C)cnc(c5cccc1c52)c43. The number of rotatable bonds is 3. The minimum atomic E-state index is -0.475. The first-order valence-electron chi connectivity index (χ1n) is 10.9. The topological polar surface area (TPSA) is 78.4 Å². The number of ether oxygens (including phenoxy) is 2. The Labute approximate surface area is 204 Å². The lowest BCUT2D eigenvalue weighted by molar-refractivity contribution is 0.0602. The Morgan fingerprint density at radius 2 is 1.43 bits per heavy atom. The standard InChI is InChI=1S/C28H17ClN2O4/c1-14-12-30-26-18-5-3-4-17-21(27(32)34-2)13-31-25(23(17)18)19-10-11-20(22(14)24(19)26)28(33)35-16-8-6-15(29)7-9-16/h3-13H,1-2H3. The molecule has 0 aliphatic heterocycles. The maximum atomic E-state index is 13.2. The lowest BCUT2D eigenvalue weighted by Crippen LogP contribution is -2.10. The Morgan fingerprint density at radius 3 is 2.20 bits per heavy atom. The first-order valence-corrected chi connectivity index (χ1v) is 11.3. The van der Waals surface area contributed by atoms with Gasteiger partial charge in [0, 0.05) is 49.7 Å². The number of hydrogen-bond donors (Lipinski definition) is 0. The second-order valence-electron chi connectivity index (χ2n) is 8.28. The van der Waals surface area contributed by atoms with E-state index in [9.17, 15) is 9.59 Å². The zero-order chi connectivity index (χ0) is 24.3. The fourth-order valence-electron chi connectivity index (χ4n) is 4.75. The van der Waals surface area contributed by atoms with Gasteiger partial charge in [0.05, 0.1) is 29.3 Å². The van der Waals surface area contributed by atoms with E-state index in [1.165, 1.54) is 13.3 Å². The zero-order valence-electron chi connectivity index (χ0n) is 18.8. The quantitative estimate of drug-likeness (QED) is 0.125. The maximum Gasteiger partial charge on any atom is 0.344 e. The second kappa shape index (κ2) is 7.89. The Bertz CT molecular complexity index is 1790. The van der Waals surface area contributed by atoms with Gasteiger partial charge in [0.1, 0.15) is 5.75 Å². The number of methoxy groups -OCH3 is 1. The van der Waals surface area contributed by atoms with Crippen molar-refractivity contribution in [3.63, 3.8) is 0 Å². The van der Waals surface area contributed by atoms with Crippen molar-refractivity contribution in [2.45, 2.75) is 6.92 Å². The van der Waals surface area contributed by atoms with Crippen molar-refractivity contribution >= 4 is 66.9 Å². The summed E-state index contributed by atoms with van der Waals surface area (Å²) in [6.45, 7) is 1.92. The average Bonchev–Trinajstić information content (AvgIpc) is 2.88. The van der Waals surface area contributed by atoms with Crippen molar-refractivity contribution in [2.24, 2.45) is 0 Å². The third-order valence-electron chi connectivity index (χ3n) is 6.30. The summed E-state index contributed by atoms with van der Waals surface area (Å²) >= 11 is 5.95. The van der Waals surface area contributed by atoms with E-state index in [1.54, 1.807) is 36.5 Å². The molecule has 0 aliphatic carbocycles. The van der Waals surface area contributed by atoms with Crippen molar-refractivity contribution in [3.8, 4) is 5.75 Å². The molecule has 4 aromatic carbocycles. The van der Waals surface area contributed by atoms with Gasteiger partial charge in [-0.3, -0.25) is 9.97 Å². The molecule has 0 fully saturated rings. The summed E-state index contributed by atoms with van der Waals surface area (Å²) in [5.41, 5.74) is 3.12. The van der Waals surface area contributed by atoms with Gasteiger partial charge in [-0.2, -0.15) is 0 Å². The predicted octanol–water partition coefficient (Wildman–Crippen LogP) is 6.49. The summed E-state index contributed by atoms with van der Waals surface area (Å²) in [4.78, 5) is 35.0. The van der Waals surface area contributed by atoms with Crippen LogP contribution >= 0.6 is 11.6 Å². The van der Waals surface area contributed by atoms with Crippen LogP contribution in [0.3, 0.4) is 0 Å². The van der Waals surface area contributed by atoms with Gasteiger partial charge >= 0.3 is 11.9 Å². The molecule has 0 spiro atoms. The predicted molar refractivity (Wildman–Crippen MR) is 136 cm³/mol. The van der Waals surface area contributed by atoms with Crippen molar-refractivity contribution in [3.05, 3.63) is 88.7 Å². The van der Waals surface area contributed by atoms with Crippen LogP contribution in [0.4, 0.5) is 0 Å². The number of carbonyl (C=O) groups is 2. The molecule has 0 atom stereocenters. The molecule has 7 heteroatoms. The number of fused-ring (bicyclic) bond motifs is 2. The van der Waals surface area contributed by atoms with Crippen molar-refractivity contribution in [1.82, 2.24) is 9.97 Å². The number of halogens is 1. The molecule has 0 saturated carbocycles. The highest BCUT2D eigenvalue weighted by molar-refractivity contribution is 6.34. The van der Waals surface area contributed by atoms with E-state index in [-0.39, 0.29) is 0 Å². The van der Waals surface area contributed by atoms with Crippen LogP contribution in [0.2, 0.25) is 5.02 Å². The molecule has 170 valence electrons. The van der Waals surface area contributed by atoms with E-state index in [2.05, 4.69) is 4.98 Å². The molecule has 0 radical (unpaired) electrons. The number of pyridine rings is 2. The number of nitrogens with zero attached hydrogens (tertiary/aromatic N) is 2. The summed E-state index contributed by atoms with van der Waals surface area (Å²) < 4.78 is 10.6. The van der Waals surface area contributed by atoms with E-state index >= 15 is 0 Å². The average molecular weight is 481 g/mol. The van der Waals surface area contributed by atoms with E-state index in [4.69, 9.17) is 26.1 Å². The van der Waals surface area contributed by atoms with Crippen LogP contribution in [0.15, 0.2) is 67.0 Å². The summed E-state index contributed by atoms with van der Waals surface area (Å²) in [7, 11) is 1.35. The second-order valence-corrected chi connectivity index (χ2v) is 8.72. The first kappa shape index (κ1) is 21.3. The molecule has 2 heterocycles. The Morgan fingerprint density at radius 1 is 0.743 bits per heavy atom. The van der Waals surface area contributed by atoms with Crippen LogP contribution in [-0.4, -0.2) is 29.0 Å². The molecule has 0 aliphatic rings. The Balaban J connectivity index is 1.66. The summed E-state index contributed by atoms with van der Waals surface area (Å²) in [6, 6.07) is 16.0. The van der Waals surface area contributed by atoms with Crippen molar-refractivity contribution in [2.75, 3.05) is 7.11 Å². The van der Waals surface area contributed by atoms with Gasteiger partial charge in [0.25, 0.3) is 0 Å². The van der Waals surface area contributed by atoms with E-state index in [0.29, 0.717) is 21.9 Å². The van der Waals surface area contributed by atoms with Crippen LogP contribution in [0.25, 0.3) is 43.4 Å². The summed E-state index contributed by atoms with van der Waals surface area (Å²) in [5, 5.41) is 5.40. The number of benzene rings is 4. The van der Waals surface area contributed by atoms with Gasteiger partial charge in [0.15, 0.2) is 0 Å². The van der Waals surface area contributed by atoms with E-state index in [0.717, 1.165) is 48.9 Å². The Hall–Kier alpha value is -4.29. The van der Waals surface area contributed by atoms with Gasteiger partial charge in [-0.1, -0.05) is 35.9 Å². The third kappa shape index (κ3) is 3.18. The first-order chi connectivity index (χ1) is 17.0. The van der Waals surface area contributed by atoms with E-state index < -0.39 is 11.9 Å². The normalized spacial score (nSPS) is 11.5. The third-order valence-corrected chi connectivity index (χ3v) is 6.55. The highest BCUT2D eigenvalue weighted by Gasteiger charge is 2.23. The molecule has 6 nitrogen and oxygen atoms in total. The van der Waals surface area contributed by atoms with Gasteiger partial charge in [-0.05, 0) is 42.8 Å². The van der Waals surface area contributed by atoms with Crippen LogP contribution in [-0.2, 0) is 4.74 Å². The lowest BCUT2D eigenvalue weighted by Gasteiger charge is -2.17. The molecule has 6 aromatic rings. The van der Waals surface area contributed by atoms with Gasteiger partial charge < -0.3 is 9.47 Å². The lowest BCUT2D eigenvalue weighted by atomic mass is 9.90. The number of carbonyl (C=O) groups excluding carboxylic acids is 2. The fraction of sp³-hybridized carbons (Fsp3) is 0.0714. The summed E-state index contributed by atoms with van der Waals surface area (Å²) in [6.07, 6.45) is 3.29. The molecule has 0 unspecified atom stereocenters. The molecule has 0 amide bonds. The van der Waals surface area contributed by atoms with Crippen LogP contribution < -0.4 is 4.74 Å². The fourth-order valence-corrected chi connectivity index (χ4v) is 4.88. The molecular formula is C28H17ClN2O4. The highest BCUT2D eigenvalue weighted by atomic mass is 35.5. The molecule has 35 heavy (non-hydrogen) atoms. The van der Waals surface area contributed by atoms with E-state index in [1.807, 2.05) is 31.2 Å². The zero-order valence-corrected chi connectivity index (χ0v) is 19.5. The highest BCUT2D eigenvalue weighted by Crippen LogP contribution is 2.41.